The van der Waals surface area contributed by atoms with Crippen molar-refractivity contribution < 1.29 is 14.6 Å². The maximum atomic E-state index is 11.0. The van der Waals surface area contributed by atoms with Gasteiger partial charge in [0.25, 0.3) is 0 Å². The van der Waals surface area contributed by atoms with Crippen LogP contribution >= 0.6 is 0 Å². The molecule has 0 unspecified atom stereocenters. The third-order valence-electron chi connectivity index (χ3n) is 4.46. The zero-order valence-corrected chi connectivity index (χ0v) is 13.7. The van der Waals surface area contributed by atoms with Gasteiger partial charge in [0.15, 0.2) is 0 Å². The molecule has 1 aliphatic rings. The SMILES string of the molecule is COc1ccc(CN2C[C@@H](NC(=O)O)C[C@H]2c2ccccc2)cc1. The highest BCUT2D eigenvalue weighted by molar-refractivity contribution is 5.65. The van der Waals surface area contributed by atoms with Gasteiger partial charge in [0.2, 0.25) is 0 Å². The molecule has 0 saturated carbocycles. The second kappa shape index (κ2) is 7.36. The Labute approximate surface area is 141 Å². The number of nitrogens with one attached hydrogen (secondary N) is 1. The highest BCUT2D eigenvalue weighted by Gasteiger charge is 2.33. The van der Waals surface area contributed by atoms with Crippen LogP contribution in [0.15, 0.2) is 54.6 Å². The number of hydrogen-bond donors (Lipinski definition) is 2. The number of likely N-dealkylation sites (tertiary alicyclic amines) is 1. The van der Waals surface area contributed by atoms with E-state index in [1.807, 2.05) is 30.3 Å². The standard InChI is InChI=1S/C19H22N2O3/c1-24-17-9-7-14(8-10-17)12-21-13-16(20-19(22)23)11-18(21)15-5-3-2-4-6-15/h2-10,16,18,20H,11-13H2,1H3,(H,22,23)/t16-,18-/m0/s1. The van der Waals surface area contributed by atoms with Crippen LogP contribution in [0.4, 0.5) is 4.79 Å². The molecule has 1 heterocycles. The van der Waals surface area contributed by atoms with Gasteiger partial charge < -0.3 is 15.2 Å². The Morgan fingerprint density at radius 2 is 1.92 bits per heavy atom. The average Bonchev–Trinajstić information content (AvgIpc) is 2.98. The van der Waals surface area contributed by atoms with E-state index >= 15 is 0 Å². The summed E-state index contributed by atoms with van der Waals surface area (Å²) in [4.78, 5) is 13.3. The predicted molar refractivity (Wildman–Crippen MR) is 92.2 cm³/mol. The van der Waals surface area contributed by atoms with Gasteiger partial charge in [-0.1, -0.05) is 42.5 Å². The fourth-order valence-electron chi connectivity index (χ4n) is 3.34. The van der Waals surface area contributed by atoms with Crippen LogP contribution in [-0.4, -0.2) is 35.8 Å². The Hall–Kier alpha value is -2.53. The molecule has 1 fully saturated rings. The summed E-state index contributed by atoms with van der Waals surface area (Å²) < 4.78 is 5.20. The molecule has 1 aliphatic heterocycles. The van der Waals surface area contributed by atoms with E-state index in [4.69, 9.17) is 9.84 Å². The molecule has 1 amide bonds. The molecule has 2 aromatic carbocycles. The Bertz CT molecular complexity index is 673. The fourth-order valence-corrected chi connectivity index (χ4v) is 3.34. The molecule has 2 N–H and O–H groups in total. The van der Waals surface area contributed by atoms with E-state index in [9.17, 15) is 4.79 Å². The normalized spacial score (nSPS) is 20.7. The minimum Gasteiger partial charge on any atom is -0.497 e. The van der Waals surface area contributed by atoms with Crippen molar-refractivity contribution in [2.45, 2.75) is 25.0 Å². The van der Waals surface area contributed by atoms with Gasteiger partial charge in [0, 0.05) is 25.2 Å². The van der Waals surface area contributed by atoms with Crippen molar-refractivity contribution in [2.24, 2.45) is 0 Å². The minimum absolute atomic E-state index is 0.0500. The summed E-state index contributed by atoms with van der Waals surface area (Å²) in [5.41, 5.74) is 2.41. The molecule has 0 spiro atoms. The van der Waals surface area contributed by atoms with E-state index in [1.54, 1.807) is 7.11 Å². The van der Waals surface area contributed by atoms with Gasteiger partial charge in [0.1, 0.15) is 5.75 Å². The number of carbonyl (C=O) groups is 1. The monoisotopic (exact) mass is 326 g/mol. The van der Waals surface area contributed by atoms with E-state index in [0.29, 0.717) is 6.54 Å². The predicted octanol–water partition coefficient (Wildman–Crippen LogP) is 3.28. The summed E-state index contributed by atoms with van der Waals surface area (Å²) in [6, 6.07) is 18.4. The first kappa shape index (κ1) is 16.3. The smallest absolute Gasteiger partial charge is 0.404 e. The summed E-state index contributed by atoms with van der Waals surface area (Å²) in [7, 11) is 1.66. The van der Waals surface area contributed by atoms with E-state index < -0.39 is 6.09 Å². The minimum atomic E-state index is -0.960. The number of amides is 1. The fraction of sp³-hybridized carbons (Fsp3) is 0.316. The lowest BCUT2D eigenvalue weighted by molar-refractivity contribution is 0.189. The van der Waals surface area contributed by atoms with E-state index in [0.717, 1.165) is 18.7 Å². The van der Waals surface area contributed by atoms with Gasteiger partial charge in [-0.15, -0.1) is 0 Å². The molecule has 126 valence electrons. The van der Waals surface area contributed by atoms with Gasteiger partial charge in [-0.25, -0.2) is 4.79 Å². The van der Waals surface area contributed by atoms with Crippen molar-refractivity contribution in [3.05, 3.63) is 65.7 Å². The van der Waals surface area contributed by atoms with Crippen molar-refractivity contribution in [1.82, 2.24) is 10.2 Å². The van der Waals surface area contributed by atoms with Gasteiger partial charge in [-0.05, 0) is 29.7 Å². The average molecular weight is 326 g/mol. The van der Waals surface area contributed by atoms with Crippen molar-refractivity contribution in [3.8, 4) is 5.75 Å². The zero-order chi connectivity index (χ0) is 16.9. The maximum absolute atomic E-state index is 11.0. The quantitative estimate of drug-likeness (QED) is 0.885. The molecule has 0 radical (unpaired) electrons. The number of nitrogens with zero attached hydrogens (tertiary/aromatic N) is 1. The zero-order valence-electron chi connectivity index (χ0n) is 13.7. The van der Waals surface area contributed by atoms with Gasteiger partial charge in [-0.2, -0.15) is 0 Å². The molecule has 0 bridgehead atoms. The Morgan fingerprint density at radius 1 is 1.21 bits per heavy atom. The Balaban J connectivity index is 1.77. The summed E-state index contributed by atoms with van der Waals surface area (Å²) in [6.07, 6.45) is -0.176. The molecular formula is C19H22N2O3. The molecule has 0 aromatic heterocycles. The molecule has 5 heteroatoms. The molecule has 2 aromatic rings. The molecular weight excluding hydrogens is 304 g/mol. The first-order valence-electron chi connectivity index (χ1n) is 8.07. The molecule has 2 atom stereocenters. The lowest BCUT2D eigenvalue weighted by atomic mass is 10.0. The lowest BCUT2D eigenvalue weighted by Crippen LogP contribution is -2.35. The first-order valence-corrected chi connectivity index (χ1v) is 8.07. The van der Waals surface area contributed by atoms with Crippen LogP contribution < -0.4 is 10.1 Å². The number of benzene rings is 2. The highest BCUT2D eigenvalue weighted by atomic mass is 16.5. The Morgan fingerprint density at radius 3 is 2.54 bits per heavy atom. The van der Waals surface area contributed by atoms with Gasteiger partial charge in [0.05, 0.1) is 7.11 Å². The molecule has 24 heavy (non-hydrogen) atoms. The van der Waals surface area contributed by atoms with Crippen LogP contribution in [0, 0.1) is 0 Å². The lowest BCUT2D eigenvalue weighted by Gasteiger charge is -2.24. The van der Waals surface area contributed by atoms with E-state index in [-0.39, 0.29) is 12.1 Å². The van der Waals surface area contributed by atoms with Crippen LogP contribution in [0.1, 0.15) is 23.6 Å². The molecule has 5 nitrogen and oxygen atoms in total. The summed E-state index contributed by atoms with van der Waals surface area (Å²) in [5.74, 6) is 0.838. The van der Waals surface area contributed by atoms with Crippen LogP contribution in [0.25, 0.3) is 0 Å². The molecule has 1 saturated heterocycles. The van der Waals surface area contributed by atoms with Crippen LogP contribution in [0.2, 0.25) is 0 Å². The second-order valence-electron chi connectivity index (χ2n) is 6.09. The molecule has 3 rings (SSSR count). The van der Waals surface area contributed by atoms with Crippen LogP contribution in [-0.2, 0) is 6.54 Å². The van der Waals surface area contributed by atoms with Crippen LogP contribution in [0.3, 0.4) is 0 Å². The Kier molecular flexibility index (Phi) is 5.01. The molecule has 0 aliphatic carbocycles. The number of ether oxygens (including phenoxy) is 1. The highest BCUT2D eigenvalue weighted by Crippen LogP contribution is 2.33. The summed E-state index contributed by atoms with van der Waals surface area (Å²) in [6.45, 7) is 1.49. The van der Waals surface area contributed by atoms with Crippen molar-refractivity contribution in [2.75, 3.05) is 13.7 Å². The van der Waals surface area contributed by atoms with Crippen molar-refractivity contribution in [1.29, 1.82) is 0 Å². The third-order valence-corrected chi connectivity index (χ3v) is 4.46. The number of hydrogen-bond acceptors (Lipinski definition) is 3. The van der Waals surface area contributed by atoms with Crippen molar-refractivity contribution >= 4 is 6.09 Å². The number of rotatable bonds is 5. The first-order chi connectivity index (χ1) is 11.7. The van der Waals surface area contributed by atoms with Gasteiger partial charge in [-0.3, -0.25) is 4.90 Å². The maximum Gasteiger partial charge on any atom is 0.404 e. The second-order valence-corrected chi connectivity index (χ2v) is 6.09. The van der Waals surface area contributed by atoms with Gasteiger partial charge >= 0.3 is 6.09 Å². The summed E-state index contributed by atoms with van der Waals surface area (Å²) in [5, 5.41) is 11.7. The topological polar surface area (TPSA) is 61.8 Å². The van der Waals surface area contributed by atoms with E-state index in [2.05, 4.69) is 34.5 Å². The van der Waals surface area contributed by atoms with E-state index in [1.165, 1.54) is 11.1 Å². The summed E-state index contributed by atoms with van der Waals surface area (Å²) >= 11 is 0. The number of methoxy groups -OCH3 is 1. The van der Waals surface area contributed by atoms with Crippen LogP contribution in [0.5, 0.6) is 5.75 Å². The van der Waals surface area contributed by atoms with Crippen molar-refractivity contribution in [3.63, 3.8) is 0 Å². The largest absolute Gasteiger partial charge is 0.497 e. The number of carboxylic acid groups (broad SMARTS) is 1. The third kappa shape index (κ3) is 3.86.